The van der Waals surface area contributed by atoms with E-state index in [4.69, 9.17) is 30.8 Å². The summed E-state index contributed by atoms with van der Waals surface area (Å²) in [4.78, 5) is 35.9. The van der Waals surface area contributed by atoms with Gasteiger partial charge in [-0.2, -0.15) is 5.26 Å². The van der Waals surface area contributed by atoms with Gasteiger partial charge in [-0.25, -0.2) is 4.98 Å². The fourth-order valence-corrected chi connectivity index (χ4v) is 6.39. The number of hydrogen-bond donors (Lipinski definition) is 4. The maximum Gasteiger partial charge on any atom is 0.274 e. The Morgan fingerprint density at radius 2 is 1.90 bits per heavy atom. The number of halogens is 1. The molecule has 0 aliphatic carbocycles. The molecule has 0 unspecified atom stereocenters. The third-order valence-electron chi connectivity index (χ3n) is 8.54. The highest BCUT2D eigenvalue weighted by Gasteiger charge is 2.27. The van der Waals surface area contributed by atoms with Crippen LogP contribution in [0.2, 0.25) is 5.02 Å². The van der Waals surface area contributed by atoms with Crippen LogP contribution in [-0.4, -0.2) is 71.2 Å². The van der Waals surface area contributed by atoms with Gasteiger partial charge in [0.05, 0.1) is 36.0 Å². The number of nitriles is 1. The average Bonchev–Trinajstić information content (AvgIpc) is 3.52. The van der Waals surface area contributed by atoms with Crippen molar-refractivity contribution in [1.82, 2.24) is 25.5 Å². The topological polar surface area (TPSA) is 166 Å². The Kier molecular flexibility index (Phi) is 10.4. The molecule has 1 aliphatic rings. The molecule has 1 aliphatic heterocycles. The average molecular weight is 694 g/mol. The first-order valence-electron chi connectivity index (χ1n) is 16.1. The molecule has 50 heavy (non-hydrogen) atoms. The molecular weight excluding hydrogens is 658 g/mol. The number of pyridine rings is 1. The van der Waals surface area contributed by atoms with Gasteiger partial charge in [-0.05, 0) is 47.9 Å². The van der Waals surface area contributed by atoms with E-state index < -0.39 is 5.91 Å². The van der Waals surface area contributed by atoms with Crippen molar-refractivity contribution in [2.75, 3.05) is 38.7 Å². The van der Waals surface area contributed by atoms with Gasteiger partial charge in [0.15, 0.2) is 5.58 Å². The third-order valence-corrected chi connectivity index (χ3v) is 8.95. The molecule has 4 N–H and O–H groups in total. The van der Waals surface area contributed by atoms with Crippen LogP contribution in [-0.2, 0) is 17.9 Å². The largest absolute Gasteiger partial charge is 0.496 e. The lowest BCUT2D eigenvalue weighted by atomic mass is 9.96. The Balaban J connectivity index is 1.24. The first kappa shape index (κ1) is 34.5. The van der Waals surface area contributed by atoms with Gasteiger partial charge in [0.2, 0.25) is 11.8 Å². The number of nitrogens with zero attached hydrogens (tertiary/aromatic N) is 4. The number of carbonyl (C=O) groups is 2. The molecule has 0 atom stereocenters. The molecule has 0 radical (unpaired) electrons. The van der Waals surface area contributed by atoms with E-state index in [0.717, 1.165) is 40.9 Å². The number of rotatable bonds is 12. The van der Waals surface area contributed by atoms with Gasteiger partial charge in [-0.3, -0.25) is 19.5 Å². The number of fused-ring (bicyclic) bond motifs is 1. The number of oxazole rings is 1. The van der Waals surface area contributed by atoms with E-state index in [1.54, 1.807) is 18.3 Å². The molecule has 3 heterocycles. The minimum atomic E-state index is -0.455. The number of carbonyl (C=O) groups excluding carboxylic acids is 2. The molecule has 3 aromatic carbocycles. The van der Waals surface area contributed by atoms with Crippen LogP contribution in [0.1, 0.15) is 39.7 Å². The summed E-state index contributed by atoms with van der Waals surface area (Å²) in [5, 5.41) is 28.2. The van der Waals surface area contributed by atoms with Crippen molar-refractivity contribution >= 4 is 40.2 Å². The fourth-order valence-electron chi connectivity index (χ4n) is 6.11. The minimum Gasteiger partial charge on any atom is -0.496 e. The van der Waals surface area contributed by atoms with Crippen LogP contribution in [0.5, 0.6) is 5.75 Å². The summed E-state index contributed by atoms with van der Waals surface area (Å²) in [5.41, 5.74) is 6.75. The molecule has 12 nitrogen and oxygen atoms in total. The molecule has 256 valence electrons. The van der Waals surface area contributed by atoms with Crippen LogP contribution < -0.4 is 20.7 Å². The number of aliphatic hydroxyl groups is 1. The highest BCUT2D eigenvalue weighted by atomic mass is 35.5. The summed E-state index contributed by atoms with van der Waals surface area (Å²) in [6, 6.07) is 18.8. The predicted molar refractivity (Wildman–Crippen MR) is 190 cm³/mol. The van der Waals surface area contributed by atoms with Crippen molar-refractivity contribution in [3.63, 3.8) is 0 Å². The maximum absolute atomic E-state index is 13.3. The number of aliphatic hydroxyl groups excluding tert-OH is 1. The van der Waals surface area contributed by atoms with Crippen LogP contribution >= 0.6 is 11.6 Å². The number of aromatic nitrogens is 2. The van der Waals surface area contributed by atoms with Gasteiger partial charge < -0.3 is 30.2 Å². The van der Waals surface area contributed by atoms with E-state index in [-0.39, 0.29) is 24.2 Å². The summed E-state index contributed by atoms with van der Waals surface area (Å²) in [6.45, 7) is 6.42. The number of likely N-dealkylation sites (tertiary alicyclic amines) is 1. The predicted octanol–water partition coefficient (Wildman–Crippen LogP) is 5.05. The van der Waals surface area contributed by atoms with E-state index in [1.165, 1.54) is 14.0 Å². The van der Waals surface area contributed by atoms with E-state index >= 15 is 0 Å². The summed E-state index contributed by atoms with van der Waals surface area (Å²) < 4.78 is 11.7. The highest BCUT2D eigenvalue weighted by molar-refractivity contribution is 6.36. The molecule has 2 aromatic heterocycles. The molecule has 5 aromatic rings. The van der Waals surface area contributed by atoms with Crippen molar-refractivity contribution in [2.24, 2.45) is 0 Å². The van der Waals surface area contributed by atoms with Crippen molar-refractivity contribution in [3.8, 4) is 34.4 Å². The Morgan fingerprint density at radius 1 is 1.14 bits per heavy atom. The number of hydrogen-bond acceptors (Lipinski definition) is 10. The normalized spacial score (nSPS) is 13.1. The van der Waals surface area contributed by atoms with Crippen LogP contribution in [0.4, 0.5) is 5.69 Å². The molecule has 6 rings (SSSR count). The van der Waals surface area contributed by atoms with Crippen LogP contribution in [0.3, 0.4) is 0 Å². The summed E-state index contributed by atoms with van der Waals surface area (Å²) in [6.07, 6.45) is 1.56. The molecule has 1 fully saturated rings. The van der Waals surface area contributed by atoms with Crippen LogP contribution in [0.25, 0.3) is 33.7 Å². The minimum absolute atomic E-state index is 0.00446. The highest BCUT2D eigenvalue weighted by Crippen LogP contribution is 2.39. The van der Waals surface area contributed by atoms with E-state index in [9.17, 15) is 14.9 Å². The molecule has 13 heteroatoms. The Labute approximate surface area is 294 Å². The second kappa shape index (κ2) is 15.1. The number of ether oxygens (including phenoxy) is 1. The van der Waals surface area contributed by atoms with E-state index in [1.807, 2.05) is 49.4 Å². The Hall–Kier alpha value is -5.32. The zero-order valence-electron chi connectivity index (χ0n) is 27.8. The van der Waals surface area contributed by atoms with Gasteiger partial charge in [0, 0.05) is 68.6 Å². The van der Waals surface area contributed by atoms with Crippen LogP contribution in [0.15, 0.2) is 65.2 Å². The zero-order valence-corrected chi connectivity index (χ0v) is 28.6. The first-order valence-corrected chi connectivity index (χ1v) is 16.4. The monoisotopic (exact) mass is 693 g/mol. The lowest BCUT2D eigenvalue weighted by Crippen LogP contribution is -2.58. The molecular formula is C37H36ClN7O5. The zero-order chi connectivity index (χ0) is 35.4. The Bertz CT molecular complexity index is 2120. The van der Waals surface area contributed by atoms with Crippen molar-refractivity contribution < 1.29 is 23.8 Å². The second-order valence-corrected chi connectivity index (χ2v) is 12.5. The van der Waals surface area contributed by atoms with Gasteiger partial charge in [-0.15, -0.1) is 0 Å². The smallest absolute Gasteiger partial charge is 0.274 e. The van der Waals surface area contributed by atoms with Crippen molar-refractivity contribution in [3.05, 3.63) is 93.8 Å². The number of nitrogens with one attached hydrogen (secondary N) is 3. The summed E-state index contributed by atoms with van der Waals surface area (Å²) in [7, 11) is 1.52. The Morgan fingerprint density at radius 3 is 2.64 bits per heavy atom. The number of methoxy groups -OCH3 is 1. The molecule has 0 saturated carbocycles. The van der Waals surface area contributed by atoms with E-state index in [0.29, 0.717) is 64.2 Å². The van der Waals surface area contributed by atoms with Crippen molar-refractivity contribution in [2.45, 2.75) is 33.0 Å². The SMILES string of the molecule is COc1cc(C(=O)Nc2cccc(-c3cccc(-c4nc5cc(CN6CC(NC(C)=O)C6)cc(C#N)c5o4)c3C)c2Cl)ncc1CNCCO. The molecule has 1 saturated heterocycles. The van der Waals surface area contributed by atoms with Gasteiger partial charge in [0.25, 0.3) is 5.91 Å². The standard InChI is InChI=1S/C37H36ClN7O5/c1-21-27(29-8-5-9-30(34(29)38)43-36(48)32-14-33(49-3)25(17-41-32)16-40-10-11-46)6-4-7-28(21)37-44-31-13-23(12-24(15-39)35(31)50-37)18-45-19-26(20-45)42-22(2)47/h4-9,12-14,17,26,40,46H,10-11,16,18-20H2,1-3H3,(H,42,47)(H,43,48). The van der Waals surface area contributed by atoms with Gasteiger partial charge >= 0.3 is 0 Å². The van der Waals surface area contributed by atoms with Gasteiger partial charge in [0.1, 0.15) is 23.0 Å². The molecule has 2 amide bonds. The lowest BCUT2D eigenvalue weighted by molar-refractivity contribution is -0.120. The van der Waals surface area contributed by atoms with Gasteiger partial charge in [-0.1, -0.05) is 35.9 Å². The summed E-state index contributed by atoms with van der Waals surface area (Å²) >= 11 is 6.92. The molecule has 0 bridgehead atoms. The fraction of sp³-hybridized carbons (Fsp3) is 0.270. The first-order chi connectivity index (χ1) is 24.2. The second-order valence-electron chi connectivity index (χ2n) is 12.1. The molecule has 0 spiro atoms. The lowest BCUT2D eigenvalue weighted by Gasteiger charge is -2.39. The van der Waals surface area contributed by atoms with Crippen molar-refractivity contribution in [1.29, 1.82) is 5.26 Å². The quantitative estimate of drug-likeness (QED) is 0.130. The maximum atomic E-state index is 13.3. The van der Waals surface area contributed by atoms with E-state index in [2.05, 4.69) is 31.9 Å². The number of benzene rings is 3. The number of anilines is 1. The summed E-state index contributed by atoms with van der Waals surface area (Å²) in [5.74, 6) is 0.370. The third kappa shape index (κ3) is 7.31. The van der Waals surface area contributed by atoms with Crippen LogP contribution in [0, 0.1) is 18.3 Å². The number of amides is 2.